The van der Waals surface area contributed by atoms with Gasteiger partial charge in [0, 0.05) is 26.8 Å². The number of carbonyl (C=O) groups excluding carboxylic acids is 1. The first kappa shape index (κ1) is 15.9. The minimum absolute atomic E-state index is 0.0669. The topological polar surface area (TPSA) is 74.2 Å². The Morgan fingerprint density at radius 3 is 2.76 bits per heavy atom. The van der Waals surface area contributed by atoms with Gasteiger partial charge in [-0.05, 0) is 11.8 Å². The number of hydrogen-bond acceptors (Lipinski definition) is 4. The van der Waals surface area contributed by atoms with Gasteiger partial charge in [0.15, 0.2) is 0 Å². The summed E-state index contributed by atoms with van der Waals surface area (Å²) < 4.78 is 5.03. The van der Waals surface area contributed by atoms with E-state index in [2.05, 4.69) is 24.5 Å². The Bertz CT molecular complexity index is 259. The molecule has 2 N–H and O–H groups in total. The van der Waals surface area contributed by atoms with E-state index in [1.54, 1.807) is 7.11 Å². The number of rotatable bonds is 9. The largest absolute Gasteiger partial charge is 0.385 e. The van der Waals surface area contributed by atoms with Crippen LogP contribution in [0.15, 0.2) is 0 Å². The second-order valence-electron chi connectivity index (χ2n) is 4.77. The molecule has 0 saturated carbocycles. The van der Waals surface area contributed by atoms with E-state index in [1.807, 2.05) is 6.07 Å². The van der Waals surface area contributed by atoms with Crippen molar-refractivity contribution in [3.05, 3.63) is 0 Å². The second-order valence-corrected chi connectivity index (χ2v) is 4.77. The summed E-state index contributed by atoms with van der Waals surface area (Å²) >= 11 is 0. The van der Waals surface area contributed by atoms with Crippen LogP contribution in [0.25, 0.3) is 0 Å². The Kier molecular flexibility index (Phi) is 8.38. The van der Waals surface area contributed by atoms with Crippen molar-refractivity contribution in [3.63, 3.8) is 0 Å². The number of nitrogens with zero attached hydrogens (tertiary/aromatic N) is 1. The zero-order valence-electron chi connectivity index (χ0n) is 11.0. The van der Waals surface area contributed by atoms with E-state index in [0.717, 1.165) is 19.6 Å². The SMILES string of the molecule is COCCC(C)(C)CNCC(=O)NCCC#N. The van der Waals surface area contributed by atoms with Gasteiger partial charge in [0.2, 0.25) is 5.91 Å². The molecule has 0 heterocycles. The normalized spacial score (nSPS) is 10.9. The van der Waals surface area contributed by atoms with Gasteiger partial charge in [-0.25, -0.2) is 0 Å². The first-order chi connectivity index (χ1) is 8.02. The van der Waals surface area contributed by atoms with Gasteiger partial charge < -0.3 is 15.4 Å². The summed E-state index contributed by atoms with van der Waals surface area (Å²) in [6, 6.07) is 1.98. The van der Waals surface area contributed by atoms with Crippen LogP contribution in [0, 0.1) is 16.7 Å². The first-order valence-corrected chi connectivity index (χ1v) is 5.85. The predicted octanol–water partition coefficient (Wildman–Crippen LogP) is 0.669. The molecule has 0 fully saturated rings. The van der Waals surface area contributed by atoms with Crippen molar-refractivity contribution in [2.24, 2.45) is 5.41 Å². The van der Waals surface area contributed by atoms with Gasteiger partial charge in [-0.1, -0.05) is 13.8 Å². The van der Waals surface area contributed by atoms with Crippen LogP contribution in [-0.4, -0.2) is 39.3 Å². The number of nitrogens with one attached hydrogen (secondary N) is 2. The van der Waals surface area contributed by atoms with Crippen molar-refractivity contribution in [2.75, 3.05) is 33.4 Å². The van der Waals surface area contributed by atoms with Crippen molar-refractivity contribution in [1.29, 1.82) is 5.26 Å². The third kappa shape index (κ3) is 9.79. The molecule has 98 valence electrons. The minimum atomic E-state index is -0.0669. The molecule has 0 spiro atoms. The molecule has 17 heavy (non-hydrogen) atoms. The zero-order valence-corrected chi connectivity index (χ0v) is 11.0. The zero-order chi connectivity index (χ0) is 13.1. The molecule has 0 unspecified atom stereocenters. The highest BCUT2D eigenvalue weighted by Crippen LogP contribution is 2.18. The third-order valence-electron chi connectivity index (χ3n) is 2.43. The van der Waals surface area contributed by atoms with Crippen LogP contribution in [0.2, 0.25) is 0 Å². The maximum Gasteiger partial charge on any atom is 0.233 e. The van der Waals surface area contributed by atoms with Gasteiger partial charge in [0.25, 0.3) is 0 Å². The molecule has 0 aromatic carbocycles. The number of carbonyl (C=O) groups is 1. The number of methoxy groups -OCH3 is 1. The highest BCUT2D eigenvalue weighted by molar-refractivity contribution is 5.77. The molecule has 0 radical (unpaired) electrons. The van der Waals surface area contributed by atoms with Crippen LogP contribution in [0.5, 0.6) is 0 Å². The highest BCUT2D eigenvalue weighted by atomic mass is 16.5. The molecule has 0 aliphatic carbocycles. The quantitative estimate of drug-likeness (QED) is 0.582. The van der Waals surface area contributed by atoms with Crippen LogP contribution in [-0.2, 0) is 9.53 Å². The summed E-state index contributed by atoms with van der Waals surface area (Å²) in [4.78, 5) is 11.3. The van der Waals surface area contributed by atoms with E-state index in [1.165, 1.54) is 0 Å². The Morgan fingerprint density at radius 1 is 1.47 bits per heavy atom. The summed E-state index contributed by atoms with van der Waals surface area (Å²) in [5, 5.41) is 14.1. The monoisotopic (exact) mass is 241 g/mol. The molecule has 0 aromatic heterocycles. The van der Waals surface area contributed by atoms with Gasteiger partial charge in [-0.2, -0.15) is 5.26 Å². The molecule has 0 bridgehead atoms. The van der Waals surface area contributed by atoms with Gasteiger partial charge in [0.05, 0.1) is 19.0 Å². The lowest BCUT2D eigenvalue weighted by molar-refractivity contribution is -0.120. The Morgan fingerprint density at radius 2 is 2.18 bits per heavy atom. The molecule has 0 aliphatic rings. The second kappa shape index (κ2) is 8.97. The average Bonchev–Trinajstić information content (AvgIpc) is 2.26. The van der Waals surface area contributed by atoms with Gasteiger partial charge >= 0.3 is 0 Å². The summed E-state index contributed by atoms with van der Waals surface area (Å²) in [6.45, 7) is 6.47. The summed E-state index contributed by atoms with van der Waals surface area (Å²) in [7, 11) is 1.69. The molecular formula is C12H23N3O2. The van der Waals surface area contributed by atoms with E-state index in [4.69, 9.17) is 10.00 Å². The molecule has 0 rings (SSSR count). The summed E-state index contributed by atoms with van der Waals surface area (Å²) in [5.74, 6) is -0.0669. The number of amides is 1. The van der Waals surface area contributed by atoms with Crippen molar-refractivity contribution in [3.8, 4) is 6.07 Å². The van der Waals surface area contributed by atoms with Crippen molar-refractivity contribution < 1.29 is 9.53 Å². The van der Waals surface area contributed by atoms with Crippen LogP contribution in [0.3, 0.4) is 0 Å². The van der Waals surface area contributed by atoms with Crippen molar-refractivity contribution in [1.82, 2.24) is 10.6 Å². The van der Waals surface area contributed by atoms with E-state index in [9.17, 15) is 4.79 Å². The molecular weight excluding hydrogens is 218 g/mol. The lowest BCUT2D eigenvalue weighted by atomic mass is 9.90. The van der Waals surface area contributed by atoms with Gasteiger partial charge in [0.1, 0.15) is 0 Å². The molecule has 1 amide bonds. The van der Waals surface area contributed by atoms with E-state index in [-0.39, 0.29) is 11.3 Å². The van der Waals surface area contributed by atoms with Crippen LogP contribution in [0.4, 0.5) is 0 Å². The van der Waals surface area contributed by atoms with E-state index >= 15 is 0 Å². The highest BCUT2D eigenvalue weighted by Gasteiger charge is 2.17. The smallest absolute Gasteiger partial charge is 0.233 e. The van der Waals surface area contributed by atoms with Crippen molar-refractivity contribution in [2.45, 2.75) is 26.7 Å². The molecule has 5 nitrogen and oxygen atoms in total. The van der Waals surface area contributed by atoms with Crippen LogP contribution in [0.1, 0.15) is 26.7 Å². The van der Waals surface area contributed by atoms with Gasteiger partial charge in [-0.15, -0.1) is 0 Å². The number of nitriles is 1. The fourth-order valence-electron chi connectivity index (χ4n) is 1.30. The van der Waals surface area contributed by atoms with E-state index in [0.29, 0.717) is 19.5 Å². The fourth-order valence-corrected chi connectivity index (χ4v) is 1.30. The Labute approximate surface area is 104 Å². The first-order valence-electron chi connectivity index (χ1n) is 5.85. The minimum Gasteiger partial charge on any atom is -0.385 e. The number of ether oxygens (including phenoxy) is 1. The fraction of sp³-hybridized carbons (Fsp3) is 0.833. The van der Waals surface area contributed by atoms with Crippen LogP contribution >= 0.6 is 0 Å². The lowest BCUT2D eigenvalue weighted by Crippen LogP contribution is -2.38. The molecule has 5 heteroatoms. The molecule has 0 saturated heterocycles. The maximum atomic E-state index is 11.3. The van der Waals surface area contributed by atoms with Crippen LogP contribution < -0.4 is 10.6 Å². The standard InChI is InChI=1S/C12H23N3O2/c1-12(2,5-8-17-3)10-14-9-11(16)15-7-4-6-13/h14H,4-5,7-10H2,1-3H3,(H,15,16). The average molecular weight is 241 g/mol. The number of hydrogen-bond donors (Lipinski definition) is 2. The Balaban J connectivity index is 3.61. The summed E-state index contributed by atoms with van der Waals surface area (Å²) in [5.41, 5.74) is 0.114. The third-order valence-corrected chi connectivity index (χ3v) is 2.43. The molecule has 0 atom stereocenters. The predicted molar refractivity (Wildman–Crippen MR) is 66.4 cm³/mol. The summed E-state index contributed by atoms with van der Waals surface area (Å²) in [6.07, 6.45) is 1.30. The van der Waals surface area contributed by atoms with Gasteiger partial charge in [-0.3, -0.25) is 4.79 Å². The lowest BCUT2D eigenvalue weighted by Gasteiger charge is -2.24. The van der Waals surface area contributed by atoms with Crippen molar-refractivity contribution >= 4 is 5.91 Å². The molecule has 0 aromatic rings. The molecule has 0 aliphatic heterocycles. The maximum absolute atomic E-state index is 11.3. The van der Waals surface area contributed by atoms with E-state index < -0.39 is 0 Å². The Hall–Kier alpha value is -1.12.